The fourth-order valence-corrected chi connectivity index (χ4v) is 4.54. The van der Waals surface area contributed by atoms with E-state index in [1.165, 1.54) is 5.56 Å². The summed E-state index contributed by atoms with van der Waals surface area (Å²) < 4.78 is 7.05. The molecule has 0 aliphatic heterocycles. The molecule has 0 saturated carbocycles. The Morgan fingerprint density at radius 1 is 0.919 bits per heavy atom. The SMILES string of the molecule is CCCCc1ccc(-n2c(N)c(C(=O)NCCc3ccc(OC)cc3)c3nc4ccccc4nc32)cc1. The second-order valence-corrected chi connectivity index (χ2v) is 9.10. The molecule has 0 aliphatic rings. The van der Waals surface area contributed by atoms with Crippen molar-refractivity contribution in [1.82, 2.24) is 19.9 Å². The van der Waals surface area contributed by atoms with Gasteiger partial charge in [0.05, 0.1) is 18.1 Å². The second kappa shape index (κ2) is 10.7. The zero-order valence-electron chi connectivity index (χ0n) is 21.2. The van der Waals surface area contributed by atoms with Gasteiger partial charge in [0.15, 0.2) is 5.65 Å². The third-order valence-electron chi connectivity index (χ3n) is 6.60. The molecule has 188 valence electrons. The number of nitrogen functional groups attached to an aromatic ring is 1. The van der Waals surface area contributed by atoms with Crippen LogP contribution in [0.15, 0.2) is 72.8 Å². The number of benzene rings is 3. The van der Waals surface area contributed by atoms with Crippen molar-refractivity contribution in [2.75, 3.05) is 19.4 Å². The first-order valence-corrected chi connectivity index (χ1v) is 12.7. The summed E-state index contributed by atoms with van der Waals surface area (Å²) in [6, 6.07) is 23.7. The number of carbonyl (C=O) groups excluding carboxylic acids is 1. The third-order valence-corrected chi connectivity index (χ3v) is 6.60. The van der Waals surface area contributed by atoms with Crippen molar-refractivity contribution in [3.05, 3.63) is 89.5 Å². The van der Waals surface area contributed by atoms with Crippen molar-refractivity contribution in [1.29, 1.82) is 0 Å². The molecule has 0 aliphatic carbocycles. The number of aryl methyl sites for hydroxylation is 1. The summed E-state index contributed by atoms with van der Waals surface area (Å²) >= 11 is 0. The van der Waals surface area contributed by atoms with E-state index in [2.05, 4.69) is 24.4 Å². The van der Waals surface area contributed by atoms with E-state index in [4.69, 9.17) is 20.4 Å². The second-order valence-electron chi connectivity index (χ2n) is 9.10. The molecule has 0 saturated heterocycles. The number of carbonyl (C=O) groups is 1. The van der Waals surface area contributed by atoms with E-state index in [0.717, 1.165) is 41.8 Å². The van der Waals surface area contributed by atoms with Crippen LogP contribution < -0.4 is 15.8 Å². The molecule has 0 atom stereocenters. The van der Waals surface area contributed by atoms with Gasteiger partial charge in [0.2, 0.25) is 0 Å². The Bertz CT molecular complexity index is 1540. The zero-order chi connectivity index (χ0) is 25.8. The number of fused-ring (bicyclic) bond motifs is 2. The Kier molecular flexibility index (Phi) is 7.03. The molecule has 3 N–H and O–H groups in total. The zero-order valence-corrected chi connectivity index (χ0v) is 21.2. The maximum Gasteiger partial charge on any atom is 0.257 e. The van der Waals surface area contributed by atoms with Crippen LogP contribution in [0.1, 0.15) is 41.3 Å². The van der Waals surface area contributed by atoms with Crippen LogP contribution in [0.5, 0.6) is 5.75 Å². The molecule has 5 rings (SSSR count). The lowest BCUT2D eigenvalue weighted by Gasteiger charge is -2.10. The van der Waals surface area contributed by atoms with Gasteiger partial charge in [-0.2, -0.15) is 0 Å². The third kappa shape index (κ3) is 4.98. The monoisotopic (exact) mass is 493 g/mol. The van der Waals surface area contributed by atoms with Gasteiger partial charge < -0.3 is 15.8 Å². The molecular weight excluding hydrogens is 462 g/mol. The minimum atomic E-state index is -0.265. The van der Waals surface area contributed by atoms with Crippen molar-refractivity contribution in [2.45, 2.75) is 32.6 Å². The molecule has 2 heterocycles. The van der Waals surface area contributed by atoms with Gasteiger partial charge in [-0.3, -0.25) is 9.36 Å². The number of hydrogen-bond acceptors (Lipinski definition) is 5. The number of nitrogens with one attached hydrogen (secondary N) is 1. The minimum Gasteiger partial charge on any atom is -0.497 e. The molecule has 5 aromatic rings. The lowest BCUT2D eigenvalue weighted by atomic mass is 10.1. The van der Waals surface area contributed by atoms with Gasteiger partial charge in [0.1, 0.15) is 22.6 Å². The standard InChI is InChI=1S/C30H31N5O2/c1-3-4-7-20-10-14-22(15-11-20)35-28(31)26(27-29(35)34-25-9-6-5-8-24(25)33-27)30(36)32-19-18-21-12-16-23(37-2)17-13-21/h5-6,8-17H,3-4,7,18-19,31H2,1-2H3,(H,32,36). The largest absolute Gasteiger partial charge is 0.497 e. The lowest BCUT2D eigenvalue weighted by Crippen LogP contribution is -2.26. The van der Waals surface area contributed by atoms with E-state index in [1.54, 1.807) is 7.11 Å². The highest BCUT2D eigenvalue weighted by atomic mass is 16.5. The van der Waals surface area contributed by atoms with E-state index in [1.807, 2.05) is 65.2 Å². The molecule has 3 aromatic carbocycles. The Balaban J connectivity index is 1.49. The fraction of sp³-hybridized carbons (Fsp3) is 0.233. The van der Waals surface area contributed by atoms with Gasteiger partial charge in [-0.05, 0) is 66.8 Å². The molecule has 0 bridgehead atoms. The number of para-hydroxylation sites is 2. The number of anilines is 1. The summed E-state index contributed by atoms with van der Waals surface area (Å²) in [4.78, 5) is 23.1. The molecule has 0 fully saturated rings. The highest BCUT2D eigenvalue weighted by Crippen LogP contribution is 2.31. The smallest absolute Gasteiger partial charge is 0.257 e. The van der Waals surface area contributed by atoms with Crippen LogP contribution >= 0.6 is 0 Å². The number of methoxy groups -OCH3 is 1. The molecule has 7 heteroatoms. The highest BCUT2D eigenvalue weighted by molar-refractivity contribution is 6.11. The lowest BCUT2D eigenvalue weighted by molar-refractivity contribution is 0.0956. The summed E-state index contributed by atoms with van der Waals surface area (Å²) in [5.74, 6) is 0.866. The van der Waals surface area contributed by atoms with Crippen LogP contribution in [-0.4, -0.2) is 34.1 Å². The average Bonchev–Trinajstić information content (AvgIpc) is 3.21. The molecule has 0 radical (unpaired) electrons. The van der Waals surface area contributed by atoms with Gasteiger partial charge in [0.25, 0.3) is 5.91 Å². The molecule has 1 amide bonds. The maximum atomic E-state index is 13.4. The fourth-order valence-electron chi connectivity index (χ4n) is 4.54. The van der Waals surface area contributed by atoms with Crippen LogP contribution in [0, 0.1) is 0 Å². The van der Waals surface area contributed by atoms with Gasteiger partial charge in [0, 0.05) is 12.2 Å². The number of nitrogens with two attached hydrogens (primary N) is 1. The van der Waals surface area contributed by atoms with E-state index < -0.39 is 0 Å². The Morgan fingerprint density at radius 2 is 1.57 bits per heavy atom. The van der Waals surface area contributed by atoms with Gasteiger partial charge in [-0.25, -0.2) is 9.97 Å². The molecule has 0 unspecified atom stereocenters. The molecule has 2 aromatic heterocycles. The van der Waals surface area contributed by atoms with Crippen molar-refractivity contribution >= 4 is 33.9 Å². The number of hydrogen-bond donors (Lipinski definition) is 2. The first kappa shape index (κ1) is 24.3. The van der Waals surface area contributed by atoms with Crippen LogP contribution in [-0.2, 0) is 12.8 Å². The summed E-state index contributed by atoms with van der Waals surface area (Å²) in [6.07, 6.45) is 4.01. The normalized spacial score (nSPS) is 11.2. The Morgan fingerprint density at radius 3 is 2.24 bits per heavy atom. The van der Waals surface area contributed by atoms with Gasteiger partial charge >= 0.3 is 0 Å². The van der Waals surface area contributed by atoms with E-state index in [-0.39, 0.29) is 5.91 Å². The molecular formula is C30H31N5O2. The molecule has 0 spiro atoms. The van der Waals surface area contributed by atoms with Gasteiger partial charge in [-0.15, -0.1) is 0 Å². The van der Waals surface area contributed by atoms with Crippen LogP contribution in [0.4, 0.5) is 5.82 Å². The molecule has 37 heavy (non-hydrogen) atoms. The van der Waals surface area contributed by atoms with Crippen molar-refractivity contribution < 1.29 is 9.53 Å². The highest BCUT2D eigenvalue weighted by Gasteiger charge is 2.24. The molecule has 7 nitrogen and oxygen atoms in total. The first-order chi connectivity index (χ1) is 18.1. The number of ether oxygens (including phenoxy) is 1. The summed E-state index contributed by atoms with van der Waals surface area (Å²) in [5, 5.41) is 3.02. The Labute approximate surface area is 216 Å². The summed E-state index contributed by atoms with van der Waals surface area (Å²) in [7, 11) is 1.64. The Hall–Kier alpha value is -4.39. The van der Waals surface area contributed by atoms with Crippen LogP contribution in [0.25, 0.3) is 27.9 Å². The summed E-state index contributed by atoms with van der Waals surface area (Å²) in [5.41, 5.74) is 12.8. The van der Waals surface area contributed by atoms with Crippen molar-refractivity contribution in [3.8, 4) is 11.4 Å². The van der Waals surface area contributed by atoms with Crippen molar-refractivity contribution in [2.24, 2.45) is 0 Å². The predicted octanol–water partition coefficient (Wildman–Crippen LogP) is 5.48. The van der Waals surface area contributed by atoms with E-state index in [0.29, 0.717) is 41.0 Å². The van der Waals surface area contributed by atoms with E-state index >= 15 is 0 Å². The number of unbranched alkanes of at least 4 members (excludes halogenated alkanes) is 1. The summed E-state index contributed by atoms with van der Waals surface area (Å²) in [6.45, 7) is 2.65. The first-order valence-electron chi connectivity index (χ1n) is 12.7. The topological polar surface area (TPSA) is 95.1 Å². The minimum absolute atomic E-state index is 0.265. The van der Waals surface area contributed by atoms with Crippen LogP contribution in [0.2, 0.25) is 0 Å². The quantitative estimate of drug-likeness (QED) is 0.284. The predicted molar refractivity (Wildman–Crippen MR) is 148 cm³/mol. The average molecular weight is 494 g/mol. The van der Waals surface area contributed by atoms with Gasteiger partial charge in [-0.1, -0.05) is 49.7 Å². The van der Waals surface area contributed by atoms with Crippen molar-refractivity contribution in [3.63, 3.8) is 0 Å². The number of aromatic nitrogens is 3. The van der Waals surface area contributed by atoms with Crippen LogP contribution in [0.3, 0.4) is 0 Å². The number of rotatable bonds is 9. The number of amides is 1. The maximum absolute atomic E-state index is 13.4. The van der Waals surface area contributed by atoms with E-state index in [9.17, 15) is 4.79 Å². The number of nitrogens with zero attached hydrogens (tertiary/aromatic N) is 3.